The Hall–Kier alpha value is -1.95. The lowest BCUT2D eigenvalue weighted by Crippen LogP contribution is -2.07. The fourth-order valence-electron chi connectivity index (χ4n) is 1.13. The lowest BCUT2D eigenvalue weighted by atomic mass is 10.2. The van der Waals surface area contributed by atoms with E-state index in [0.29, 0.717) is 6.61 Å². The van der Waals surface area contributed by atoms with Crippen LogP contribution in [-0.2, 0) is 9.53 Å². The number of rotatable bonds is 2. The number of hydrogen-bond donors (Lipinski definition) is 0. The van der Waals surface area contributed by atoms with Crippen LogP contribution in [0, 0.1) is 11.8 Å². The van der Waals surface area contributed by atoms with Gasteiger partial charge in [-0.05, 0) is 31.2 Å². The quantitative estimate of drug-likeness (QED) is 0.557. The van der Waals surface area contributed by atoms with E-state index in [1.54, 1.807) is 6.92 Å². The van der Waals surface area contributed by atoms with E-state index in [0.717, 1.165) is 11.3 Å². The first-order valence-electron chi connectivity index (χ1n) is 5.09. The van der Waals surface area contributed by atoms with Gasteiger partial charge in [-0.2, -0.15) is 0 Å². The number of benzene rings is 1. The average Bonchev–Trinajstić information content (AvgIpc) is 2.27. The molecule has 1 aromatic carbocycles. The van der Waals surface area contributed by atoms with Crippen LogP contribution < -0.4 is 4.90 Å². The minimum Gasteiger partial charge on any atom is -0.456 e. The summed E-state index contributed by atoms with van der Waals surface area (Å²) in [5.41, 5.74) is 1.90. The molecule has 3 heteroatoms. The van der Waals surface area contributed by atoms with E-state index in [-0.39, 0.29) is 0 Å². The van der Waals surface area contributed by atoms with Crippen molar-refractivity contribution >= 4 is 11.7 Å². The van der Waals surface area contributed by atoms with Crippen molar-refractivity contribution in [2.45, 2.75) is 6.92 Å². The Bertz CT molecular complexity index is 410. The highest BCUT2D eigenvalue weighted by Crippen LogP contribution is 2.11. The number of ether oxygens (including phenoxy) is 1. The van der Waals surface area contributed by atoms with Crippen molar-refractivity contribution < 1.29 is 9.53 Å². The summed E-state index contributed by atoms with van der Waals surface area (Å²) in [6.45, 7) is 2.11. The van der Waals surface area contributed by atoms with Gasteiger partial charge in [0, 0.05) is 31.3 Å². The Balaban J connectivity index is 2.72. The molecule has 0 heterocycles. The molecule has 0 aliphatic heterocycles. The summed E-state index contributed by atoms with van der Waals surface area (Å²) in [7, 11) is 3.94. The number of hydrogen-bond acceptors (Lipinski definition) is 3. The zero-order valence-corrected chi connectivity index (χ0v) is 9.78. The molecule has 1 rings (SSSR count). The molecule has 0 aliphatic rings. The van der Waals surface area contributed by atoms with Crippen LogP contribution in [0.4, 0.5) is 5.69 Å². The largest absolute Gasteiger partial charge is 0.456 e. The number of anilines is 1. The molecule has 0 spiro atoms. The van der Waals surface area contributed by atoms with Crippen LogP contribution in [0.1, 0.15) is 12.5 Å². The van der Waals surface area contributed by atoms with Crippen molar-refractivity contribution in [2.24, 2.45) is 0 Å². The van der Waals surface area contributed by atoms with Crippen LogP contribution >= 0.6 is 0 Å². The van der Waals surface area contributed by atoms with Crippen molar-refractivity contribution in [3.63, 3.8) is 0 Å². The highest BCUT2D eigenvalue weighted by molar-refractivity contribution is 5.89. The molecule has 0 atom stereocenters. The van der Waals surface area contributed by atoms with Gasteiger partial charge in [0.1, 0.15) is 0 Å². The molecule has 16 heavy (non-hydrogen) atoms. The van der Waals surface area contributed by atoms with Gasteiger partial charge in [0.2, 0.25) is 0 Å². The first-order valence-corrected chi connectivity index (χ1v) is 5.09. The summed E-state index contributed by atoms with van der Waals surface area (Å²) in [6.07, 6.45) is 0. The maximum absolute atomic E-state index is 11.0. The third-order valence-corrected chi connectivity index (χ3v) is 1.97. The van der Waals surface area contributed by atoms with Gasteiger partial charge in [-0.15, -0.1) is 0 Å². The van der Waals surface area contributed by atoms with Gasteiger partial charge in [0.25, 0.3) is 0 Å². The predicted molar refractivity (Wildman–Crippen MR) is 64.3 cm³/mol. The summed E-state index contributed by atoms with van der Waals surface area (Å²) in [5, 5.41) is 0. The van der Waals surface area contributed by atoms with Crippen LogP contribution in [0.25, 0.3) is 0 Å². The van der Waals surface area contributed by atoms with Gasteiger partial charge in [-0.25, -0.2) is 4.79 Å². The molecule has 0 N–H and O–H groups in total. The predicted octanol–water partition coefficient (Wildman–Crippen LogP) is 1.67. The van der Waals surface area contributed by atoms with E-state index in [1.165, 1.54) is 0 Å². The van der Waals surface area contributed by atoms with Crippen molar-refractivity contribution in [1.82, 2.24) is 0 Å². The van der Waals surface area contributed by atoms with Crippen molar-refractivity contribution in [2.75, 3.05) is 25.6 Å². The van der Waals surface area contributed by atoms with E-state index < -0.39 is 5.97 Å². The number of esters is 1. The molecule has 0 saturated carbocycles. The highest BCUT2D eigenvalue weighted by atomic mass is 16.5. The summed E-state index contributed by atoms with van der Waals surface area (Å²) >= 11 is 0. The molecule has 0 bridgehead atoms. The summed E-state index contributed by atoms with van der Waals surface area (Å²) in [4.78, 5) is 13.0. The number of carbonyl (C=O) groups excluding carboxylic acids is 1. The second-order valence-corrected chi connectivity index (χ2v) is 3.41. The van der Waals surface area contributed by atoms with E-state index >= 15 is 0 Å². The molecule has 0 fully saturated rings. The molecule has 0 aliphatic carbocycles. The molecule has 0 radical (unpaired) electrons. The summed E-state index contributed by atoms with van der Waals surface area (Å²) in [5.74, 6) is 4.69. The molecule has 0 unspecified atom stereocenters. The lowest BCUT2D eigenvalue weighted by Gasteiger charge is -2.11. The first-order chi connectivity index (χ1) is 7.63. The minimum absolute atomic E-state index is 0.354. The Morgan fingerprint density at radius 3 is 2.44 bits per heavy atom. The Morgan fingerprint density at radius 1 is 1.31 bits per heavy atom. The third kappa shape index (κ3) is 3.66. The van der Waals surface area contributed by atoms with Crippen LogP contribution in [0.3, 0.4) is 0 Å². The molecule has 1 aromatic rings. The van der Waals surface area contributed by atoms with Gasteiger partial charge in [-0.1, -0.05) is 5.92 Å². The minimum atomic E-state index is -0.487. The normalized spacial score (nSPS) is 8.94. The Kier molecular flexibility index (Phi) is 4.41. The van der Waals surface area contributed by atoms with Crippen LogP contribution in [0.5, 0.6) is 0 Å². The average molecular weight is 217 g/mol. The van der Waals surface area contributed by atoms with Crippen LogP contribution in [0.2, 0.25) is 0 Å². The van der Waals surface area contributed by atoms with Crippen LogP contribution in [-0.4, -0.2) is 26.7 Å². The molecule has 0 aromatic heterocycles. The second kappa shape index (κ2) is 5.82. The maximum atomic E-state index is 11.0. The van der Waals surface area contributed by atoms with Gasteiger partial charge in [0.05, 0.1) is 6.61 Å². The molecule has 0 saturated heterocycles. The smallest absolute Gasteiger partial charge is 0.384 e. The number of nitrogens with zero attached hydrogens (tertiary/aromatic N) is 1. The maximum Gasteiger partial charge on any atom is 0.384 e. The monoisotopic (exact) mass is 217 g/mol. The van der Waals surface area contributed by atoms with Crippen molar-refractivity contribution in [1.29, 1.82) is 0 Å². The molecule has 84 valence electrons. The first kappa shape index (κ1) is 12.1. The number of carbonyl (C=O) groups is 1. The molecule has 0 amide bonds. The Morgan fingerprint density at radius 2 is 1.94 bits per heavy atom. The van der Waals surface area contributed by atoms with Crippen molar-refractivity contribution in [3.05, 3.63) is 29.8 Å². The molecular formula is C13H15NO2. The van der Waals surface area contributed by atoms with Gasteiger partial charge in [-0.3, -0.25) is 0 Å². The zero-order valence-electron chi connectivity index (χ0n) is 9.78. The highest BCUT2D eigenvalue weighted by Gasteiger charge is 1.95. The van der Waals surface area contributed by atoms with Gasteiger partial charge >= 0.3 is 5.97 Å². The second-order valence-electron chi connectivity index (χ2n) is 3.41. The SMILES string of the molecule is CCOC(=O)C#Cc1ccc(N(C)C)cc1. The zero-order chi connectivity index (χ0) is 12.0. The fraction of sp³-hybridized carbons (Fsp3) is 0.308. The molecule has 3 nitrogen and oxygen atoms in total. The van der Waals surface area contributed by atoms with E-state index in [4.69, 9.17) is 4.74 Å². The van der Waals surface area contributed by atoms with Gasteiger partial charge < -0.3 is 9.64 Å². The summed E-state index contributed by atoms with van der Waals surface area (Å²) < 4.78 is 4.70. The Labute approximate surface area is 96.0 Å². The fourth-order valence-corrected chi connectivity index (χ4v) is 1.13. The molecular weight excluding hydrogens is 202 g/mol. The van der Waals surface area contributed by atoms with Crippen LogP contribution in [0.15, 0.2) is 24.3 Å². The standard InChI is InChI=1S/C13H15NO2/c1-4-16-13(15)10-7-11-5-8-12(9-6-11)14(2)3/h5-6,8-9H,4H2,1-3H3. The topological polar surface area (TPSA) is 29.5 Å². The van der Waals surface area contributed by atoms with Crippen molar-refractivity contribution in [3.8, 4) is 11.8 Å². The summed E-state index contributed by atoms with van der Waals surface area (Å²) in [6, 6.07) is 7.66. The van der Waals surface area contributed by atoms with E-state index in [1.807, 2.05) is 43.3 Å². The van der Waals surface area contributed by atoms with E-state index in [9.17, 15) is 4.79 Å². The van der Waals surface area contributed by atoms with Gasteiger partial charge in [0.15, 0.2) is 0 Å². The van der Waals surface area contributed by atoms with E-state index in [2.05, 4.69) is 11.8 Å². The third-order valence-electron chi connectivity index (χ3n) is 1.97. The lowest BCUT2D eigenvalue weighted by molar-refractivity contribution is -0.136.